The lowest BCUT2D eigenvalue weighted by Crippen LogP contribution is -2.45. The molecule has 0 radical (unpaired) electrons. The smallest absolute Gasteiger partial charge is 0.220 e. The number of rotatable bonds is 7. The SMILES string of the molecule is C[C@@H]1CN(Cc2ccccc2CNC(=O)CCc2ccccc2)C[C@H](C)O1. The second-order valence-electron chi connectivity index (χ2n) is 7.48. The Kier molecular flexibility index (Phi) is 7.02. The summed E-state index contributed by atoms with van der Waals surface area (Å²) in [4.78, 5) is 14.7. The minimum atomic E-state index is 0.0993. The highest BCUT2D eigenvalue weighted by Gasteiger charge is 2.22. The van der Waals surface area contributed by atoms with E-state index in [0.29, 0.717) is 13.0 Å². The van der Waals surface area contributed by atoms with Crippen molar-refractivity contribution in [3.8, 4) is 0 Å². The fourth-order valence-electron chi connectivity index (χ4n) is 3.72. The predicted molar refractivity (Wildman–Crippen MR) is 108 cm³/mol. The maximum atomic E-state index is 12.2. The number of ether oxygens (including phenoxy) is 1. The van der Waals surface area contributed by atoms with Crippen LogP contribution in [0.1, 0.15) is 37.0 Å². The zero-order valence-electron chi connectivity index (χ0n) is 16.4. The zero-order valence-corrected chi connectivity index (χ0v) is 16.4. The topological polar surface area (TPSA) is 41.6 Å². The molecule has 144 valence electrons. The molecule has 1 amide bonds. The largest absolute Gasteiger partial charge is 0.373 e. The van der Waals surface area contributed by atoms with E-state index in [1.807, 2.05) is 24.3 Å². The second kappa shape index (κ2) is 9.67. The Hall–Kier alpha value is -2.17. The normalized spacial score (nSPS) is 20.4. The first-order chi connectivity index (χ1) is 13.1. The molecule has 27 heavy (non-hydrogen) atoms. The molecule has 0 saturated carbocycles. The highest BCUT2D eigenvalue weighted by atomic mass is 16.5. The monoisotopic (exact) mass is 366 g/mol. The van der Waals surface area contributed by atoms with Gasteiger partial charge in [0.25, 0.3) is 0 Å². The summed E-state index contributed by atoms with van der Waals surface area (Å²) in [5, 5.41) is 3.08. The summed E-state index contributed by atoms with van der Waals surface area (Å²) in [5.74, 6) is 0.0993. The molecule has 4 heteroatoms. The van der Waals surface area contributed by atoms with Crippen LogP contribution in [0.2, 0.25) is 0 Å². The van der Waals surface area contributed by atoms with Gasteiger partial charge in [0.15, 0.2) is 0 Å². The van der Waals surface area contributed by atoms with Crippen LogP contribution in [0.5, 0.6) is 0 Å². The molecular formula is C23H30N2O2. The van der Waals surface area contributed by atoms with Gasteiger partial charge in [0.05, 0.1) is 12.2 Å². The third-order valence-electron chi connectivity index (χ3n) is 4.97. The van der Waals surface area contributed by atoms with Gasteiger partial charge in [-0.15, -0.1) is 0 Å². The highest BCUT2D eigenvalue weighted by molar-refractivity contribution is 5.76. The van der Waals surface area contributed by atoms with E-state index in [0.717, 1.165) is 26.1 Å². The van der Waals surface area contributed by atoms with E-state index in [1.54, 1.807) is 0 Å². The first-order valence-electron chi connectivity index (χ1n) is 9.85. The number of benzene rings is 2. The molecule has 0 aromatic heterocycles. The second-order valence-corrected chi connectivity index (χ2v) is 7.48. The summed E-state index contributed by atoms with van der Waals surface area (Å²) in [6, 6.07) is 18.5. The van der Waals surface area contributed by atoms with Gasteiger partial charge >= 0.3 is 0 Å². The third-order valence-corrected chi connectivity index (χ3v) is 4.97. The Morgan fingerprint density at radius 2 is 1.63 bits per heavy atom. The van der Waals surface area contributed by atoms with E-state index in [-0.39, 0.29) is 18.1 Å². The van der Waals surface area contributed by atoms with Gasteiger partial charge in [-0.05, 0) is 37.0 Å². The molecule has 4 nitrogen and oxygen atoms in total. The molecule has 0 bridgehead atoms. The van der Waals surface area contributed by atoms with Gasteiger partial charge in [0.1, 0.15) is 0 Å². The lowest BCUT2D eigenvalue weighted by atomic mass is 10.1. The molecular weight excluding hydrogens is 336 g/mol. The minimum absolute atomic E-state index is 0.0993. The Labute approximate surface area is 162 Å². The summed E-state index contributed by atoms with van der Waals surface area (Å²) in [6.45, 7) is 7.63. The molecule has 1 saturated heterocycles. The number of morpholine rings is 1. The van der Waals surface area contributed by atoms with Crippen molar-refractivity contribution in [2.45, 2.75) is 52.0 Å². The molecule has 0 unspecified atom stereocenters. The van der Waals surface area contributed by atoms with Gasteiger partial charge in [-0.1, -0.05) is 54.6 Å². The number of amides is 1. The predicted octanol–water partition coefficient (Wildman–Crippen LogP) is 3.54. The number of carbonyl (C=O) groups excluding carboxylic acids is 1. The third kappa shape index (κ3) is 6.19. The van der Waals surface area contributed by atoms with E-state index in [9.17, 15) is 4.79 Å². The van der Waals surface area contributed by atoms with Crippen molar-refractivity contribution < 1.29 is 9.53 Å². The standard InChI is InChI=1S/C23H30N2O2/c1-18-15-25(16-19(2)27-18)17-22-11-7-6-10-21(22)14-24-23(26)13-12-20-8-4-3-5-9-20/h3-11,18-19H,12-17H2,1-2H3,(H,24,26)/t18-,19+. The average Bonchev–Trinajstić information content (AvgIpc) is 2.66. The van der Waals surface area contributed by atoms with E-state index >= 15 is 0 Å². The number of aryl methyl sites for hydroxylation is 1. The zero-order chi connectivity index (χ0) is 19.1. The molecule has 1 aliphatic heterocycles. The Bertz CT molecular complexity index is 722. The maximum absolute atomic E-state index is 12.2. The van der Waals surface area contributed by atoms with Crippen LogP contribution in [0, 0.1) is 0 Å². The Morgan fingerprint density at radius 3 is 2.33 bits per heavy atom. The Morgan fingerprint density at radius 1 is 1.00 bits per heavy atom. The fourth-order valence-corrected chi connectivity index (χ4v) is 3.72. The van der Waals surface area contributed by atoms with E-state index in [4.69, 9.17) is 4.74 Å². The van der Waals surface area contributed by atoms with E-state index in [1.165, 1.54) is 16.7 Å². The molecule has 1 aliphatic rings. The van der Waals surface area contributed by atoms with Gasteiger partial charge in [-0.25, -0.2) is 0 Å². The minimum Gasteiger partial charge on any atom is -0.373 e. The molecule has 2 atom stereocenters. The molecule has 1 fully saturated rings. The summed E-state index contributed by atoms with van der Waals surface area (Å²) >= 11 is 0. The number of nitrogens with one attached hydrogen (secondary N) is 1. The van der Waals surface area contributed by atoms with Crippen molar-refractivity contribution >= 4 is 5.91 Å². The fraction of sp³-hybridized carbons (Fsp3) is 0.435. The van der Waals surface area contributed by atoms with Crippen LogP contribution >= 0.6 is 0 Å². The van der Waals surface area contributed by atoms with Gasteiger partial charge in [0, 0.05) is 32.6 Å². The number of nitrogens with zero attached hydrogens (tertiary/aromatic N) is 1. The van der Waals surface area contributed by atoms with Gasteiger partial charge in [-0.3, -0.25) is 9.69 Å². The van der Waals surface area contributed by atoms with Crippen LogP contribution in [0.4, 0.5) is 0 Å². The lowest BCUT2D eigenvalue weighted by molar-refractivity contribution is -0.121. The van der Waals surface area contributed by atoms with Crippen molar-refractivity contribution in [1.29, 1.82) is 0 Å². The van der Waals surface area contributed by atoms with Crippen LogP contribution in [0.15, 0.2) is 54.6 Å². The van der Waals surface area contributed by atoms with Crippen LogP contribution in [0.3, 0.4) is 0 Å². The molecule has 1 heterocycles. The van der Waals surface area contributed by atoms with Crippen LogP contribution in [-0.4, -0.2) is 36.1 Å². The summed E-state index contributed by atoms with van der Waals surface area (Å²) in [6.07, 6.45) is 1.82. The molecule has 2 aromatic carbocycles. The number of carbonyl (C=O) groups is 1. The highest BCUT2D eigenvalue weighted by Crippen LogP contribution is 2.17. The molecule has 2 aromatic rings. The van der Waals surface area contributed by atoms with Crippen LogP contribution in [-0.2, 0) is 29.0 Å². The van der Waals surface area contributed by atoms with Crippen molar-refractivity contribution in [2.24, 2.45) is 0 Å². The number of hydrogen-bond donors (Lipinski definition) is 1. The van der Waals surface area contributed by atoms with Gasteiger partial charge in [-0.2, -0.15) is 0 Å². The van der Waals surface area contributed by atoms with Gasteiger partial charge < -0.3 is 10.1 Å². The maximum Gasteiger partial charge on any atom is 0.220 e. The molecule has 0 spiro atoms. The summed E-state index contributed by atoms with van der Waals surface area (Å²) in [7, 11) is 0. The van der Waals surface area contributed by atoms with Gasteiger partial charge in [0.2, 0.25) is 5.91 Å². The molecule has 3 rings (SSSR count). The quantitative estimate of drug-likeness (QED) is 0.815. The van der Waals surface area contributed by atoms with Crippen LogP contribution in [0.25, 0.3) is 0 Å². The molecule has 0 aliphatic carbocycles. The lowest BCUT2D eigenvalue weighted by Gasteiger charge is -2.35. The Balaban J connectivity index is 1.52. The van der Waals surface area contributed by atoms with E-state index in [2.05, 4.69) is 54.4 Å². The van der Waals surface area contributed by atoms with Crippen molar-refractivity contribution in [3.63, 3.8) is 0 Å². The number of hydrogen-bond acceptors (Lipinski definition) is 3. The van der Waals surface area contributed by atoms with Crippen molar-refractivity contribution in [1.82, 2.24) is 10.2 Å². The van der Waals surface area contributed by atoms with Crippen LogP contribution < -0.4 is 5.32 Å². The van der Waals surface area contributed by atoms with Crippen molar-refractivity contribution in [2.75, 3.05) is 13.1 Å². The summed E-state index contributed by atoms with van der Waals surface area (Å²) < 4.78 is 5.83. The summed E-state index contributed by atoms with van der Waals surface area (Å²) in [5.41, 5.74) is 3.67. The average molecular weight is 367 g/mol. The van der Waals surface area contributed by atoms with Crippen molar-refractivity contribution in [3.05, 3.63) is 71.3 Å². The first-order valence-corrected chi connectivity index (χ1v) is 9.85. The molecule has 1 N–H and O–H groups in total. The first kappa shape index (κ1) is 19.6. The van der Waals surface area contributed by atoms with E-state index < -0.39 is 0 Å².